The predicted octanol–water partition coefficient (Wildman–Crippen LogP) is 1.93. The largest absolute Gasteiger partial charge is 0.438 e. The van der Waals surface area contributed by atoms with Gasteiger partial charge in [-0.2, -0.15) is 5.06 Å². The van der Waals surface area contributed by atoms with Gasteiger partial charge in [-0.05, 0) is 24.3 Å². The first-order chi connectivity index (χ1) is 12.8. The number of aromatic nitrogens is 1. The molecule has 10 heteroatoms. The minimum absolute atomic E-state index is 0.0393. The zero-order valence-electron chi connectivity index (χ0n) is 13.9. The molecule has 0 aliphatic heterocycles. The molecule has 5 N–H and O–H groups in total. The number of primary amides is 1. The van der Waals surface area contributed by atoms with Crippen molar-refractivity contribution < 1.29 is 22.8 Å². The molecule has 0 aliphatic rings. The number of urea groups is 1. The van der Waals surface area contributed by atoms with E-state index in [0.717, 1.165) is 5.56 Å². The first kappa shape index (κ1) is 18.6. The molecule has 2 aromatic carbocycles. The predicted molar refractivity (Wildman–Crippen MR) is 95.7 cm³/mol. The van der Waals surface area contributed by atoms with Crippen molar-refractivity contribution in [3.63, 3.8) is 0 Å². The Morgan fingerprint density at radius 3 is 2.26 bits per heavy atom. The number of benzene rings is 2. The van der Waals surface area contributed by atoms with Crippen molar-refractivity contribution in [2.24, 2.45) is 10.9 Å². The molecule has 0 atom stereocenters. The van der Waals surface area contributed by atoms with Gasteiger partial charge in [0.2, 0.25) is 15.9 Å². The van der Waals surface area contributed by atoms with Crippen LogP contribution in [0, 0.1) is 0 Å². The highest BCUT2D eigenvalue weighted by Gasteiger charge is 2.20. The lowest BCUT2D eigenvalue weighted by atomic mass is 10.1. The summed E-state index contributed by atoms with van der Waals surface area (Å²) in [5, 5.41) is 14.9. The summed E-state index contributed by atoms with van der Waals surface area (Å²) in [6, 6.07) is 13.8. The Balaban J connectivity index is 2.07. The van der Waals surface area contributed by atoms with E-state index < -0.39 is 16.1 Å². The van der Waals surface area contributed by atoms with Crippen LogP contribution in [0.1, 0.15) is 5.89 Å². The second-order valence-electron chi connectivity index (χ2n) is 5.62. The summed E-state index contributed by atoms with van der Waals surface area (Å²) in [6.07, 6.45) is 0. The molecule has 9 nitrogen and oxygen atoms in total. The molecule has 0 aliphatic carbocycles. The van der Waals surface area contributed by atoms with Gasteiger partial charge in [0.1, 0.15) is 12.2 Å². The summed E-state index contributed by atoms with van der Waals surface area (Å²) in [6.45, 7) is -0.343. The van der Waals surface area contributed by atoms with Gasteiger partial charge in [0.25, 0.3) is 0 Å². The third-order valence-electron chi connectivity index (χ3n) is 3.70. The van der Waals surface area contributed by atoms with Crippen LogP contribution in [-0.2, 0) is 16.6 Å². The van der Waals surface area contributed by atoms with Gasteiger partial charge >= 0.3 is 6.03 Å². The van der Waals surface area contributed by atoms with E-state index in [1.807, 2.05) is 30.3 Å². The molecule has 1 aromatic heterocycles. The number of hydrogen-bond acceptors (Lipinski definition) is 6. The molecular formula is C17H16N4O5S. The zero-order chi connectivity index (χ0) is 19.6. The molecule has 3 rings (SSSR count). The van der Waals surface area contributed by atoms with E-state index in [9.17, 15) is 18.4 Å². The molecule has 0 fully saturated rings. The number of oxazole rings is 1. The van der Waals surface area contributed by atoms with Gasteiger partial charge in [-0.15, -0.1) is 0 Å². The summed E-state index contributed by atoms with van der Waals surface area (Å²) < 4.78 is 28.5. The van der Waals surface area contributed by atoms with Gasteiger partial charge < -0.3 is 10.2 Å². The SMILES string of the molecule is NC(=O)N(O)Cc1nc(-c2ccccc2)c(-c2ccc(S(N)(=O)=O)cc2)o1. The number of primary sulfonamides is 1. The van der Waals surface area contributed by atoms with Crippen molar-refractivity contribution in [1.29, 1.82) is 0 Å². The number of hydrogen-bond donors (Lipinski definition) is 3. The van der Waals surface area contributed by atoms with E-state index in [2.05, 4.69) is 4.98 Å². The third kappa shape index (κ3) is 4.14. The minimum Gasteiger partial charge on any atom is -0.438 e. The molecule has 0 bridgehead atoms. The topological polar surface area (TPSA) is 153 Å². The van der Waals surface area contributed by atoms with Crippen molar-refractivity contribution in [2.75, 3.05) is 0 Å². The fourth-order valence-electron chi connectivity index (χ4n) is 2.42. The summed E-state index contributed by atoms with van der Waals surface area (Å²) in [5.74, 6) is 0.399. The number of nitrogens with two attached hydrogens (primary N) is 2. The maximum absolute atomic E-state index is 11.4. The van der Waals surface area contributed by atoms with Gasteiger partial charge in [-0.25, -0.2) is 23.3 Å². The Kier molecular flexibility index (Phi) is 4.95. The highest BCUT2D eigenvalue weighted by Crippen LogP contribution is 2.33. The van der Waals surface area contributed by atoms with E-state index >= 15 is 0 Å². The van der Waals surface area contributed by atoms with Crippen LogP contribution in [0.4, 0.5) is 4.79 Å². The maximum atomic E-state index is 11.4. The zero-order valence-corrected chi connectivity index (χ0v) is 14.8. The average molecular weight is 388 g/mol. The van der Waals surface area contributed by atoms with Crippen LogP contribution < -0.4 is 10.9 Å². The molecule has 0 unspecified atom stereocenters. The monoisotopic (exact) mass is 388 g/mol. The van der Waals surface area contributed by atoms with Crippen LogP contribution >= 0.6 is 0 Å². The fourth-order valence-corrected chi connectivity index (χ4v) is 2.94. The molecule has 0 radical (unpaired) electrons. The van der Waals surface area contributed by atoms with Crippen LogP contribution in [0.25, 0.3) is 22.6 Å². The van der Waals surface area contributed by atoms with Crippen LogP contribution in [0.3, 0.4) is 0 Å². The van der Waals surface area contributed by atoms with E-state index in [-0.39, 0.29) is 22.4 Å². The number of sulfonamides is 1. The fraction of sp³-hybridized carbons (Fsp3) is 0.0588. The summed E-state index contributed by atoms with van der Waals surface area (Å²) >= 11 is 0. The quantitative estimate of drug-likeness (QED) is 0.448. The van der Waals surface area contributed by atoms with Gasteiger partial charge in [-0.1, -0.05) is 30.3 Å². The van der Waals surface area contributed by atoms with Gasteiger partial charge in [-0.3, -0.25) is 5.21 Å². The smallest absolute Gasteiger partial charge is 0.339 e. The van der Waals surface area contributed by atoms with Crippen molar-refractivity contribution in [1.82, 2.24) is 10.0 Å². The average Bonchev–Trinajstić information content (AvgIpc) is 3.05. The van der Waals surface area contributed by atoms with Crippen LogP contribution in [-0.4, -0.2) is 29.7 Å². The number of carbonyl (C=O) groups is 1. The Morgan fingerprint density at radius 1 is 1.07 bits per heavy atom. The van der Waals surface area contributed by atoms with Crippen molar-refractivity contribution in [3.8, 4) is 22.6 Å². The van der Waals surface area contributed by atoms with Crippen LogP contribution in [0.5, 0.6) is 0 Å². The van der Waals surface area contributed by atoms with E-state index in [4.69, 9.17) is 15.3 Å². The molecule has 0 saturated heterocycles. The third-order valence-corrected chi connectivity index (χ3v) is 4.63. The standard InChI is InChI=1S/C17H16N4O5S/c18-17(22)21(23)10-14-20-15(11-4-2-1-3-5-11)16(26-14)12-6-8-13(9-7-12)27(19,24)25/h1-9,23H,10H2,(H2,18,22)(H2,19,24,25). The van der Waals surface area contributed by atoms with Crippen molar-refractivity contribution in [2.45, 2.75) is 11.4 Å². The van der Waals surface area contributed by atoms with Crippen LogP contribution in [0.15, 0.2) is 63.9 Å². The number of rotatable bonds is 5. The number of nitrogens with zero attached hydrogens (tertiary/aromatic N) is 2. The first-order valence-corrected chi connectivity index (χ1v) is 9.24. The molecule has 27 heavy (non-hydrogen) atoms. The Morgan fingerprint density at radius 2 is 1.70 bits per heavy atom. The molecular weight excluding hydrogens is 372 g/mol. The molecule has 140 valence electrons. The highest BCUT2D eigenvalue weighted by molar-refractivity contribution is 7.89. The lowest BCUT2D eigenvalue weighted by Crippen LogP contribution is -2.32. The molecule has 1 heterocycles. The summed E-state index contributed by atoms with van der Waals surface area (Å²) in [5.41, 5.74) is 6.75. The lowest BCUT2D eigenvalue weighted by molar-refractivity contribution is -0.0523. The summed E-state index contributed by atoms with van der Waals surface area (Å²) in [7, 11) is -3.82. The Labute approximate surface area is 154 Å². The first-order valence-electron chi connectivity index (χ1n) is 7.70. The molecule has 2 amide bonds. The number of amides is 2. The highest BCUT2D eigenvalue weighted by atomic mass is 32.2. The van der Waals surface area contributed by atoms with Gasteiger partial charge in [0, 0.05) is 11.1 Å². The van der Waals surface area contributed by atoms with Crippen molar-refractivity contribution >= 4 is 16.1 Å². The summed E-state index contributed by atoms with van der Waals surface area (Å²) in [4.78, 5) is 15.3. The maximum Gasteiger partial charge on any atom is 0.339 e. The molecule has 3 aromatic rings. The van der Waals surface area contributed by atoms with Crippen LogP contribution in [0.2, 0.25) is 0 Å². The number of carbonyl (C=O) groups excluding carboxylic acids is 1. The molecule has 0 spiro atoms. The van der Waals surface area contributed by atoms with E-state index in [1.165, 1.54) is 24.3 Å². The Hall–Kier alpha value is -3.21. The Bertz CT molecular complexity index is 1060. The second-order valence-corrected chi connectivity index (χ2v) is 7.18. The lowest BCUT2D eigenvalue weighted by Gasteiger charge is -2.08. The number of hydroxylamine groups is 2. The molecule has 0 saturated carbocycles. The van der Waals surface area contributed by atoms with Gasteiger partial charge in [0.05, 0.1) is 4.90 Å². The van der Waals surface area contributed by atoms with E-state index in [1.54, 1.807) is 0 Å². The van der Waals surface area contributed by atoms with Gasteiger partial charge in [0.15, 0.2) is 5.76 Å². The van der Waals surface area contributed by atoms with Crippen molar-refractivity contribution in [3.05, 3.63) is 60.5 Å². The minimum atomic E-state index is -3.82. The second kappa shape index (κ2) is 7.19. The van der Waals surface area contributed by atoms with E-state index in [0.29, 0.717) is 17.0 Å². The normalized spacial score (nSPS) is 11.3.